The Balaban J connectivity index is 2.00. The molecule has 2 aromatic rings. The van der Waals surface area contributed by atoms with Crippen LogP contribution in [-0.2, 0) is 4.79 Å². The molecule has 1 aliphatic heterocycles. The van der Waals surface area contributed by atoms with Crippen molar-refractivity contribution in [1.82, 2.24) is 0 Å². The van der Waals surface area contributed by atoms with Crippen LogP contribution in [0.4, 0.5) is 13.2 Å². The van der Waals surface area contributed by atoms with Crippen LogP contribution < -0.4 is 9.47 Å². The van der Waals surface area contributed by atoms with Gasteiger partial charge in [-0.05, 0) is 30.3 Å². The Morgan fingerprint density at radius 3 is 2.21 bits per heavy atom. The summed E-state index contributed by atoms with van der Waals surface area (Å²) in [6, 6.07) is 5.84. The molecule has 2 N–H and O–H groups in total. The van der Waals surface area contributed by atoms with Crippen LogP contribution in [0.15, 0.2) is 35.9 Å². The predicted molar refractivity (Wildman–Crippen MR) is 96.0 cm³/mol. The van der Waals surface area contributed by atoms with Crippen LogP contribution in [0.2, 0.25) is 10.0 Å². The fourth-order valence-corrected chi connectivity index (χ4v) is 2.96. The molecule has 6 nitrogen and oxygen atoms in total. The van der Waals surface area contributed by atoms with Crippen LogP contribution in [0.5, 0.6) is 17.2 Å². The second kappa shape index (κ2) is 7.49. The molecule has 0 amide bonds. The van der Waals surface area contributed by atoms with Crippen LogP contribution >= 0.6 is 23.2 Å². The monoisotopic (exact) mass is 448 g/mol. The normalized spacial score (nSPS) is 15.8. The topological polar surface area (TPSA) is 93.1 Å². The lowest BCUT2D eigenvalue weighted by atomic mass is 10.0. The highest BCUT2D eigenvalue weighted by Gasteiger charge is 2.48. The summed E-state index contributed by atoms with van der Waals surface area (Å²) in [5.41, 5.74) is -1.06. The van der Waals surface area contributed by atoms with E-state index in [1.165, 1.54) is 18.2 Å². The number of carbonyl (C=O) groups is 2. The van der Waals surface area contributed by atoms with E-state index in [-0.39, 0.29) is 38.4 Å². The van der Waals surface area contributed by atoms with E-state index in [1.54, 1.807) is 0 Å². The number of halogens is 5. The van der Waals surface area contributed by atoms with Gasteiger partial charge in [-0.15, -0.1) is 0 Å². The van der Waals surface area contributed by atoms with Crippen LogP contribution in [-0.4, -0.2) is 34.4 Å². The molecule has 29 heavy (non-hydrogen) atoms. The molecule has 3 rings (SSSR count). The molecule has 11 heteroatoms. The molecule has 1 heterocycles. The van der Waals surface area contributed by atoms with Crippen molar-refractivity contribution in [2.45, 2.75) is 12.3 Å². The first kappa shape index (κ1) is 20.8. The number of benzene rings is 2. The van der Waals surface area contributed by atoms with Gasteiger partial charge >= 0.3 is 18.1 Å². The second-order valence-corrected chi connectivity index (χ2v) is 6.63. The molecule has 0 radical (unpaired) electrons. The van der Waals surface area contributed by atoms with Crippen molar-refractivity contribution >= 4 is 41.2 Å². The third-order valence-electron chi connectivity index (χ3n) is 3.85. The molecule has 0 aromatic heterocycles. The third kappa shape index (κ3) is 4.25. The maximum atomic E-state index is 13.2. The first-order valence-electron chi connectivity index (χ1n) is 7.70. The lowest BCUT2D eigenvalue weighted by Gasteiger charge is -2.27. The van der Waals surface area contributed by atoms with E-state index >= 15 is 0 Å². The zero-order chi connectivity index (χ0) is 21.5. The molecule has 0 bridgehead atoms. The quantitative estimate of drug-likeness (QED) is 0.661. The lowest BCUT2D eigenvalue weighted by molar-refractivity contribution is -0.187. The van der Waals surface area contributed by atoms with Crippen molar-refractivity contribution in [1.29, 1.82) is 0 Å². The number of aromatic carboxylic acids is 1. The van der Waals surface area contributed by atoms with Crippen molar-refractivity contribution < 1.29 is 42.4 Å². The number of hydrogen-bond acceptors (Lipinski definition) is 4. The van der Waals surface area contributed by atoms with Crippen LogP contribution in [0.1, 0.15) is 15.9 Å². The molecule has 1 atom stereocenters. The van der Waals surface area contributed by atoms with E-state index < -0.39 is 29.8 Å². The van der Waals surface area contributed by atoms with E-state index in [4.69, 9.17) is 42.9 Å². The van der Waals surface area contributed by atoms with Crippen molar-refractivity contribution in [3.8, 4) is 17.2 Å². The summed E-state index contributed by atoms with van der Waals surface area (Å²) >= 11 is 12.1. The summed E-state index contributed by atoms with van der Waals surface area (Å²) in [5, 5.41) is 17.9. The van der Waals surface area contributed by atoms with Crippen molar-refractivity contribution in [2.24, 2.45) is 0 Å². The van der Waals surface area contributed by atoms with Gasteiger partial charge in [0.05, 0.1) is 21.2 Å². The fourth-order valence-electron chi connectivity index (χ4n) is 2.53. The van der Waals surface area contributed by atoms with Crippen LogP contribution in [0.3, 0.4) is 0 Å². The summed E-state index contributed by atoms with van der Waals surface area (Å²) in [6.07, 6.45) is -6.80. The van der Waals surface area contributed by atoms with Gasteiger partial charge in [0.25, 0.3) is 0 Å². The van der Waals surface area contributed by atoms with E-state index in [9.17, 15) is 22.8 Å². The van der Waals surface area contributed by atoms with E-state index in [2.05, 4.69) is 0 Å². The molecule has 0 aliphatic carbocycles. The molecule has 0 saturated heterocycles. The maximum absolute atomic E-state index is 13.2. The molecule has 2 aromatic carbocycles. The average molecular weight is 449 g/mol. The van der Waals surface area contributed by atoms with Crippen molar-refractivity contribution in [2.75, 3.05) is 0 Å². The Bertz CT molecular complexity index is 1050. The molecule has 1 aliphatic rings. The zero-order valence-electron chi connectivity index (χ0n) is 14.0. The minimum atomic E-state index is -4.96. The molecule has 1 unspecified atom stereocenters. The number of rotatable bonds is 4. The number of carboxylic acid groups (broad SMARTS) is 2. The number of hydrogen-bond donors (Lipinski definition) is 2. The zero-order valence-corrected chi connectivity index (χ0v) is 15.5. The highest BCUT2D eigenvalue weighted by molar-refractivity contribution is 6.33. The van der Waals surface area contributed by atoms with E-state index in [0.717, 1.165) is 18.2 Å². The Labute approximate surface area is 170 Å². The van der Waals surface area contributed by atoms with Gasteiger partial charge in [-0.1, -0.05) is 23.2 Å². The van der Waals surface area contributed by atoms with Gasteiger partial charge in [0.1, 0.15) is 17.2 Å². The SMILES string of the molecule is O=C(O)C1=Cc2cc(Cl)c(Oc3ccc(C(=O)O)cc3Cl)cc2OC1C(F)(F)F. The van der Waals surface area contributed by atoms with E-state index in [0.29, 0.717) is 0 Å². The highest BCUT2D eigenvalue weighted by atomic mass is 35.5. The summed E-state index contributed by atoms with van der Waals surface area (Å²) < 4.78 is 49.9. The minimum absolute atomic E-state index is 0.00321. The molecule has 0 spiro atoms. The largest absolute Gasteiger partial charge is 0.478 e. The summed E-state index contributed by atoms with van der Waals surface area (Å²) in [5.74, 6) is -3.40. The van der Waals surface area contributed by atoms with Gasteiger partial charge in [0.2, 0.25) is 6.10 Å². The average Bonchev–Trinajstić information content (AvgIpc) is 2.61. The predicted octanol–water partition coefficient (Wildman–Crippen LogP) is 5.28. The van der Waals surface area contributed by atoms with E-state index in [1.807, 2.05) is 0 Å². The molecule has 0 saturated carbocycles. The van der Waals surface area contributed by atoms with Crippen molar-refractivity contribution in [3.05, 3.63) is 57.1 Å². The molecular weight excluding hydrogens is 440 g/mol. The van der Waals surface area contributed by atoms with Gasteiger partial charge in [0.15, 0.2) is 0 Å². The van der Waals surface area contributed by atoms with Gasteiger partial charge in [0, 0.05) is 11.6 Å². The molecule has 152 valence electrons. The minimum Gasteiger partial charge on any atom is -0.478 e. The first-order valence-corrected chi connectivity index (χ1v) is 8.45. The molecular formula is C18H9Cl2F3O6. The fraction of sp³-hybridized carbons (Fsp3) is 0.111. The number of carboxylic acids is 2. The summed E-state index contributed by atoms with van der Waals surface area (Å²) in [7, 11) is 0. The highest BCUT2D eigenvalue weighted by Crippen LogP contribution is 2.43. The van der Waals surface area contributed by atoms with Crippen molar-refractivity contribution in [3.63, 3.8) is 0 Å². The van der Waals surface area contributed by atoms with Gasteiger partial charge in [-0.3, -0.25) is 0 Å². The van der Waals surface area contributed by atoms with Gasteiger partial charge in [-0.2, -0.15) is 13.2 Å². The lowest BCUT2D eigenvalue weighted by Crippen LogP contribution is -2.40. The standard InChI is InChI=1S/C18H9Cl2F3O6/c19-10-4-7(16(24)25)1-2-12(10)28-14-6-13-8(5-11(14)20)3-9(17(26)27)15(29-13)18(21,22)23/h1-6,15H,(H,24,25)(H,26,27). The summed E-state index contributed by atoms with van der Waals surface area (Å²) in [4.78, 5) is 22.1. The molecule has 0 fully saturated rings. The first-order chi connectivity index (χ1) is 13.5. The Morgan fingerprint density at radius 1 is 1.00 bits per heavy atom. The Morgan fingerprint density at radius 2 is 1.66 bits per heavy atom. The Hall–Kier alpha value is -2.91. The van der Waals surface area contributed by atoms with Crippen LogP contribution in [0.25, 0.3) is 6.08 Å². The number of alkyl halides is 3. The van der Waals surface area contributed by atoms with Gasteiger partial charge in [-0.25, -0.2) is 9.59 Å². The smallest absolute Gasteiger partial charge is 0.430 e. The third-order valence-corrected chi connectivity index (χ3v) is 4.44. The maximum Gasteiger partial charge on any atom is 0.430 e. The number of fused-ring (bicyclic) bond motifs is 1. The summed E-state index contributed by atoms with van der Waals surface area (Å²) in [6.45, 7) is 0. The van der Waals surface area contributed by atoms with Crippen LogP contribution in [0, 0.1) is 0 Å². The number of ether oxygens (including phenoxy) is 2. The van der Waals surface area contributed by atoms with Gasteiger partial charge < -0.3 is 19.7 Å². The second-order valence-electron chi connectivity index (χ2n) is 5.82. The number of aliphatic carboxylic acids is 1. The Kier molecular flexibility index (Phi) is 5.38.